The normalized spacial score (nSPS) is 14.2. The second kappa shape index (κ2) is 9.51. The lowest BCUT2D eigenvalue weighted by Crippen LogP contribution is -2.50. The molecule has 0 bridgehead atoms. The maximum atomic E-state index is 12.5. The van der Waals surface area contributed by atoms with E-state index in [-0.39, 0.29) is 11.8 Å². The number of anilines is 1. The zero-order valence-corrected chi connectivity index (χ0v) is 19.5. The van der Waals surface area contributed by atoms with Crippen LogP contribution in [0.2, 0.25) is 0 Å². The van der Waals surface area contributed by atoms with Crippen LogP contribution in [0.3, 0.4) is 0 Å². The lowest BCUT2D eigenvalue weighted by atomic mass is 10.0. The number of hydrogen-bond donors (Lipinski definition) is 0. The summed E-state index contributed by atoms with van der Waals surface area (Å²) in [6.45, 7) is 11.2. The van der Waals surface area contributed by atoms with Crippen molar-refractivity contribution in [3.05, 3.63) is 77.0 Å². The Labute approximate surface area is 191 Å². The van der Waals surface area contributed by atoms with Crippen LogP contribution in [0.15, 0.2) is 54.6 Å². The third kappa shape index (κ3) is 4.82. The maximum absolute atomic E-state index is 12.5. The Morgan fingerprint density at radius 1 is 0.938 bits per heavy atom. The van der Waals surface area contributed by atoms with E-state index >= 15 is 0 Å². The van der Waals surface area contributed by atoms with Crippen LogP contribution in [0.5, 0.6) is 0 Å². The van der Waals surface area contributed by atoms with Crippen LogP contribution < -0.4 is 4.90 Å². The fourth-order valence-corrected chi connectivity index (χ4v) is 4.30. The molecule has 1 aliphatic heterocycles. The summed E-state index contributed by atoms with van der Waals surface area (Å²) < 4.78 is 0. The third-order valence-electron chi connectivity index (χ3n) is 6.07. The number of piperazine rings is 1. The molecule has 2 heterocycles. The van der Waals surface area contributed by atoms with Crippen molar-refractivity contribution in [1.29, 1.82) is 0 Å². The van der Waals surface area contributed by atoms with Crippen LogP contribution in [0, 0.1) is 19.8 Å². The van der Waals surface area contributed by atoms with Gasteiger partial charge in [0.25, 0.3) is 0 Å². The SMILES string of the molecule is Cc1cccc(Cc2c(C)nc(-c3ccccc3)nc2N2CCN(C(=O)C(C)C)CC2)c1. The number of aryl methyl sites for hydroxylation is 2. The molecule has 5 nitrogen and oxygen atoms in total. The van der Waals surface area contributed by atoms with E-state index in [0.29, 0.717) is 0 Å². The van der Waals surface area contributed by atoms with Crippen LogP contribution in [-0.2, 0) is 11.2 Å². The molecule has 3 aromatic rings. The van der Waals surface area contributed by atoms with Gasteiger partial charge in [0.15, 0.2) is 5.82 Å². The van der Waals surface area contributed by atoms with E-state index in [1.54, 1.807) is 0 Å². The molecule has 0 unspecified atom stereocenters. The van der Waals surface area contributed by atoms with Crippen molar-refractivity contribution in [1.82, 2.24) is 14.9 Å². The summed E-state index contributed by atoms with van der Waals surface area (Å²) in [6.07, 6.45) is 0.795. The molecule has 4 rings (SSSR count). The number of rotatable bonds is 5. The molecule has 0 spiro atoms. The van der Waals surface area contributed by atoms with Crippen LogP contribution >= 0.6 is 0 Å². The minimum atomic E-state index is 0.0319. The van der Waals surface area contributed by atoms with Crippen molar-refractivity contribution < 1.29 is 4.79 Å². The molecule has 1 amide bonds. The van der Waals surface area contributed by atoms with Gasteiger partial charge in [-0.1, -0.05) is 74.0 Å². The average Bonchev–Trinajstić information content (AvgIpc) is 2.80. The monoisotopic (exact) mass is 428 g/mol. The molecule has 0 saturated carbocycles. The first-order valence-corrected chi connectivity index (χ1v) is 11.4. The maximum Gasteiger partial charge on any atom is 0.225 e. The Morgan fingerprint density at radius 2 is 1.66 bits per heavy atom. The van der Waals surface area contributed by atoms with Crippen LogP contribution in [0.1, 0.15) is 36.2 Å². The smallest absolute Gasteiger partial charge is 0.225 e. The molecule has 5 heteroatoms. The predicted molar refractivity (Wildman–Crippen MR) is 130 cm³/mol. The molecular weight excluding hydrogens is 396 g/mol. The summed E-state index contributed by atoms with van der Waals surface area (Å²) in [7, 11) is 0. The fourth-order valence-electron chi connectivity index (χ4n) is 4.30. The Bertz CT molecular complexity index is 1090. The number of benzene rings is 2. The predicted octanol–water partition coefficient (Wildman–Crippen LogP) is 4.66. The van der Waals surface area contributed by atoms with Gasteiger partial charge in [-0.2, -0.15) is 0 Å². The number of hydrogen-bond acceptors (Lipinski definition) is 4. The largest absolute Gasteiger partial charge is 0.353 e. The second-order valence-corrected chi connectivity index (χ2v) is 8.93. The van der Waals surface area contributed by atoms with E-state index in [1.807, 2.05) is 36.9 Å². The van der Waals surface area contributed by atoms with Gasteiger partial charge in [-0.15, -0.1) is 0 Å². The van der Waals surface area contributed by atoms with E-state index in [2.05, 4.69) is 55.1 Å². The van der Waals surface area contributed by atoms with Gasteiger partial charge in [0.1, 0.15) is 5.82 Å². The van der Waals surface area contributed by atoms with Gasteiger partial charge >= 0.3 is 0 Å². The van der Waals surface area contributed by atoms with Crippen molar-refractivity contribution in [3.63, 3.8) is 0 Å². The van der Waals surface area contributed by atoms with E-state index < -0.39 is 0 Å². The second-order valence-electron chi connectivity index (χ2n) is 8.93. The topological polar surface area (TPSA) is 49.3 Å². The highest BCUT2D eigenvalue weighted by Crippen LogP contribution is 2.28. The lowest BCUT2D eigenvalue weighted by Gasteiger charge is -2.37. The van der Waals surface area contributed by atoms with Gasteiger partial charge in [0.2, 0.25) is 5.91 Å². The first-order chi connectivity index (χ1) is 15.4. The average molecular weight is 429 g/mol. The molecule has 166 valence electrons. The number of carbonyl (C=O) groups excluding carboxylic acids is 1. The quantitative estimate of drug-likeness (QED) is 0.593. The minimum Gasteiger partial charge on any atom is -0.353 e. The molecule has 1 aromatic heterocycles. The van der Waals surface area contributed by atoms with Gasteiger partial charge in [-0.05, 0) is 19.4 Å². The molecule has 0 aliphatic carbocycles. The summed E-state index contributed by atoms with van der Waals surface area (Å²) in [5.74, 6) is 2.01. The third-order valence-corrected chi connectivity index (χ3v) is 6.07. The van der Waals surface area contributed by atoms with Gasteiger partial charge in [-0.3, -0.25) is 4.79 Å². The van der Waals surface area contributed by atoms with Gasteiger partial charge in [0.05, 0.1) is 0 Å². The summed E-state index contributed by atoms with van der Waals surface area (Å²) in [6, 6.07) is 18.8. The van der Waals surface area contributed by atoms with E-state index in [1.165, 1.54) is 16.7 Å². The number of carbonyl (C=O) groups is 1. The van der Waals surface area contributed by atoms with E-state index in [4.69, 9.17) is 9.97 Å². The highest BCUT2D eigenvalue weighted by atomic mass is 16.2. The molecule has 1 aliphatic rings. The molecule has 32 heavy (non-hydrogen) atoms. The van der Waals surface area contributed by atoms with Gasteiger partial charge < -0.3 is 9.80 Å². The first-order valence-electron chi connectivity index (χ1n) is 11.4. The molecule has 0 atom stereocenters. The minimum absolute atomic E-state index is 0.0319. The molecule has 2 aromatic carbocycles. The Hall–Kier alpha value is -3.21. The number of nitrogens with zero attached hydrogens (tertiary/aromatic N) is 4. The van der Waals surface area contributed by atoms with Crippen LogP contribution in [0.4, 0.5) is 5.82 Å². The van der Waals surface area contributed by atoms with E-state index in [9.17, 15) is 4.79 Å². The van der Waals surface area contributed by atoms with Crippen molar-refractivity contribution in [2.75, 3.05) is 31.1 Å². The van der Waals surface area contributed by atoms with Crippen LogP contribution in [0.25, 0.3) is 11.4 Å². The Balaban J connectivity index is 1.69. The summed E-state index contributed by atoms with van der Waals surface area (Å²) in [5.41, 5.74) is 5.71. The van der Waals surface area contributed by atoms with E-state index in [0.717, 1.165) is 55.5 Å². The van der Waals surface area contributed by atoms with Crippen molar-refractivity contribution >= 4 is 11.7 Å². The van der Waals surface area contributed by atoms with Crippen molar-refractivity contribution in [2.24, 2.45) is 5.92 Å². The molecule has 1 saturated heterocycles. The van der Waals surface area contributed by atoms with Crippen molar-refractivity contribution in [3.8, 4) is 11.4 Å². The molecule has 1 fully saturated rings. The first kappa shape index (κ1) is 22.0. The highest BCUT2D eigenvalue weighted by Gasteiger charge is 2.26. The summed E-state index contributed by atoms with van der Waals surface area (Å²) in [4.78, 5) is 26.7. The summed E-state index contributed by atoms with van der Waals surface area (Å²) in [5, 5.41) is 0. The summed E-state index contributed by atoms with van der Waals surface area (Å²) >= 11 is 0. The Kier molecular flexibility index (Phi) is 6.54. The lowest BCUT2D eigenvalue weighted by molar-refractivity contribution is -0.134. The molecule has 0 radical (unpaired) electrons. The highest BCUT2D eigenvalue weighted by molar-refractivity contribution is 5.78. The van der Waals surface area contributed by atoms with Crippen LogP contribution in [-0.4, -0.2) is 47.0 Å². The number of aromatic nitrogens is 2. The van der Waals surface area contributed by atoms with Crippen molar-refractivity contribution in [2.45, 2.75) is 34.1 Å². The fraction of sp³-hybridized carbons (Fsp3) is 0.370. The molecule has 0 N–H and O–H groups in total. The number of amides is 1. The zero-order valence-electron chi connectivity index (χ0n) is 19.5. The van der Waals surface area contributed by atoms with Gasteiger partial charge in [-0.25, -0.2) is 9.97 Å². The standard InChI is InChI=1S/C27H32N4O/c1-19(2)27(32)31-15-13-30(14-16-31)26-24(18-22-10-8-9-20(3)17-22)21(4)28-25(29-26)23-11-6-5-7-12-23/h5-12,17,19H,13-16,18H2,1-4H3. The zero-order chi connectivity index (χ0) is 22.7. The Morgan fingerprint density at radius 3 is 2.31 bits per heavy atom. The molecular formula is C27H32N4O. The van der Waals surface area contributed by atoms with Gasteiger partial charge in [0, 0.05) is 55.3 Å².